The summed E-state index contributed by atoms with van der Waals surface area (Å²) in [6, 6.07) is 4.64. The summed E-state index contributed by atoms with van der Waals surface area (Å²) in [6.07, 6.45) is 2.23. The van der Waals surface area contributed by atoms with Crippen LogP contribution in [0.4, 0.5) is 4.39 Å². The number of rotatable bonds is 1. The van der Waals surface area contributed by atoms with Crippen LogP contribution in [0, 0.1) is 18.7 Å². The van der Waals surface area contributed by atoms with Gasteiger partial charge in [0, 0.05) is 18.2 Å². The van der Waals surface area contributed by atoms with Crippen molar-refractivity contribution in [1.29, 1.82) is 0 Å². The number of carbonyl (C=O) groups is 1. The van der Waals surface area contributed by atoms with Crippen molar-refractivity contribution in [3.8, 4) is 0 Å². The molecule has 0 spiro atoms. The van der Waals surface area contributed by atoms with Crippen LogP contribution in [-0.2, 0) is 0 Å². The van der Waals surface area contributed by atoms with Gasteiger partial charge in [-0.2, -0.15) is 0 Å². The molecular weight excluding hydrogens is 229 g/mol. The SMILES string of the molecule is Cc1cc(F)ccc1C(=O)N1CCCC(C)C1C. The summed E-state index contributed by atoms with van der Waals surface area (Å²) in [6.45, 7) is 6.87. The zero-order valence-electron chi connectivity index (χ0n) is 11.2. The molecule has 18 heavy (non-hydrogen) atoms. The first kappa shape index (κ1) is 13.1. The standard InChI is InChI=1S/C15H20FNO/c1-10-5-4-8-17(12(10)3)15(18)14-7-6-13(16)9-11(14)2/h6-7,9-10,12H,4-5,8H2,1-3H3. The van der Waals surface area contributed by atoms with Crippen molar-refractivity contribution in [2.75, 3.05) is 6.54 Å². The van der Waals surface area contributed by atoms with E-state index < -0.39 is 0 Å². The molecule has 0 radical (unpaired) electrons. The number of likely N-dealkylation sites (tertiary alicyclic amines) is 1. The van der Waals surface area contributed by atoms with Gasteiger partial charge in [-0.15, -0.1) is 0 Å². The van der Waals surface area contributed by atoms with Crippen LogP contribution in [0.2, 0.25) is 0 Å². The van der Waals surface area contributed by atoms with E-state index in [0.29, 0.717) is 17.0 Å². The molecule has 98 valence electrons. The number of halogens is 1. The Morgan fingerprint density at radius 3 is 2.78 bits per heavy atom. The predicted molar refractivity (Wildman–Crippen MR) is 70.0 cm³/mol. The summed E-state index contributed by atoms with van der Waals surface area (Å²) < 4.78 is 13.1. The minimum absolute atomic E-state index is 0.0338. The first-order valence-electron chi connectivity index (χ1n) is 6.58. The molecule has 3 heteroatoms. The van der Waals surface area contributed by atoms with Gasteiger partial charge in [0.05, 0.1) is 0 Å². The van der Waals surface area contributed by atoms with E-state index in [1.165, 1.54) is 18.6 Å². The summed E-state index contributed by atoms with van der Waals surface area (Å²) in [5, 5.41) is 0. The summed E-state index contributed by atoms with van der Waals surface area (Å²) in [5.41, 5.74) is 1.34. The van der Waals surface area contributed by atoms with Crippen LogP contribution >= 0.6 is 0 Å². The molecule has 1 aromatic rings. The summed E-state index contributed by atoms with van der Waals surface area (Å²) in [7, 11) is 0. The van der Waals surface area contributed by atoms with E-state index in [-0.39, 0.29) is 17.8 Å². The minimum Gasteiger partial charge on any atom is -0.336 e. The normalized spacial score (nSPS) is 24.1. The number of hydrogen-bond acceptors (Lipinski definition) is 1. The molecule has 1 fully saturated rings. The fraction of sp³-hybridized carbons (Fsp3) is 0.533. The zero-order valence-corrected chi connectivity index (χ0v) is 11.2. The first-order valence-corrected chi connectivity index (χ1v) is 6.58. The second-order valence-corrected chi connectivity index (χ2v) is 5.32. The van der Waals surface area contributed by atoms with Crippen LogP contribution in [0.5, 0.6) is 0 Å². The highest BCUT2D eigenvalue weighted by Gasteiger charge is 2.29. The zero-order chi connectivity index (χ0) is 13.3. The van der Waals surface area contributed by atoms with Crippen molar-refractivity contribution in [3.63, 3.8) is 0 Å². The molecule has 0 aromatic heterocycles. The van der Waals surface area contributed by atoms with E-state index in [2.05, 4.69) is 13.8 Å². The lowest BCUT2D eigenvalue weighted by atomic mass is 9.91. The second kappa shape index (κ2) is 5.09. The lowest BCUT2D eigenvalue weighted by Gasteiger charge is -2.38. The molecule has 1 saturated heterocycles. The second-order valence-electron chi connectivity index (χ2n) is 5.32. The van der Waals surface area contributed by atoms with Crippen molar-refractivity contribution in [1.82, 2.24) is 4.90 Å². The number of aryl methyl sites for hydroxylation is 1. The Bertz CT molecular complexity index is 458. The van der Waals surface area contributed by atoms with E-state index in [1.807, 2.05) is 4.90 Å². The van der Waals surface area contributed by atoms with Crippen LogP contribution in [0.1, 0.15) is 42.6 Å². The van der Waals surface area contributed by atoms with Gasteiger partial charge in [-0.25, -0.2) is 4.39 Å². The quantitative estimate of drug-likeness (QED) is 0.747. The van der Waals surface area contributed by atoms with Crippen molar-refractivity contribution in [3.05, 3.63) is 35.1 Å². The van der Waals surface area contributed by atoms with E-state index in [9.17, 15) is 9.18 Å². The van der Waals surface area contributed by atoms with Crippen molar-refractivity contribution in [2.24, 2.45) is 5.92 Å². The maximum atomic E-state index is 13.1. The first-order chi connectivity index (χ1) is 8.50. The highest BCUT2D eigenvalue weighted by molar-refractivity contribution is 5.95. The largest absolute Gasteiger partial charge is 0.336 e. The smallest absolute Gasteiger partial charge is 0.254 e. The van der Waals surface area contributed by atoms with E-state index in [4.69, 9.17) is 0 Å². The van der Waals surface area contributed by atoms with Crippen molar-refractivity contribution < 1.29 is 9.18 Å². The molecule has 1 amide bonds. The van der Waals surface area contributed by atoms with Gasteiger partial charge >= 0.3 is 0 Å². The average molecular weight is 249 g/mol. The van der Waals surface area contributed by atoms with Crippen LogP contribution in [0.15, 0.2) is 18.2 Å². The third-order valence-corrected chi connectivity index (χ3v) is 4.05. The third kappa shape index (κ3) is 2.40. The maximum Gasteiger partial charge on any atom is 0.254 e. The Labute approximate surface area is 108 Å². The van der Waals surface area contributed by atoms with Gasteiger partial charge in [-0.05, 0) is 56.4 Å². The van der Waals surface area contributed by atoms with Gasteiger partial charge < -0.3 is 4.90 Å². The Kier molecular flexibility index (Phi) is 3.69. The highest BCUT2D eigenvalue weighted by atomic mass is 19.1. The topological polar surface area (TPSA) is 20.3 Å². The lowest BCUT2D eigenvalue weighted by Crippen LogP contribution is -2.46. The number of benzene rings is 1. The molecule has 1 aliphatic rings. The predicted octanol–water partition coefficient (Wildman–Crippen LogP) is 3.39. The third-order valence-electron chi connectivity index (χ3n) is 4.05. The maximum absolute atomic E-state index is 13.1. The highest BCUT2D eigenvalue weighted by Crippen LogP contribution is 2.25. The molecule has 0 bridgehead atoms. The number of piperidine rings is 1. The van der Waals surface area contributed by atoms with E-state index in [1.54, 1.807) is 13.0 Å². The summed E-state index contributed by atoms with van der Waals surface area (Å²) in [5.74, 6) is 0.277. The van der Waals surface area contributed by atoms with Gasteiger partial charge in [0.25, 0.3) is 5.91 Å². The van der Waals surface area contributed by atoms with Gasteiger partial charge in [-0.1, -0.05) is 6.92 Å². The van der Waals surface area contributed by atoms with Crippen LogP contribution < -0.4 is 0 Å². The Balaban J connectivity index is 2.25. The molecule has 2 atom stereocenters. The van der Waals surface area contributed by atoms with Crippen LogP contribution in [0.25, 0.3) is 0 Å². The fourth-order valence-corrected chi connectivity index (χ4v) is 2.64. The van der Waals surface area contributed by atoms with Gasteiger partial charge in [-0.3, -0.25) is 4.79 Å². The molecule has 1 heterocycles. The summed E-state index contributed by atoms with van der Waals surface area (Å²) in [4.78, 5) is 14.4. The van der Waals surface area contributed by atoms with Gasteiger partial charge in [0.1, 0.15) is 5.82 Å². The summed E-state index contributed by atoms with van der Waals surface area (Å²) >= 11 is 0. The fourth-order valence-electron chi connectivity index (χ4n) is 2.64. The Morgan fingerprint density at radius 1 is 1.39 bits per heavy atom. The average Bonchev–Trinajstić information content (AvgIpc) is 2.32. The monoisotopic (exact) mass is 249 g/mol. The van der Waals surface area contributed by atoms with E-state index in [0.717, 1.165) is 13.0 Å². The number of carbonyl (C=O) groups excluding carboxylic acids is 1. The molecule has 0 aliphatic carbocycles. The number of nitrogens with zero attached hydrogens (tertiary/aromatic N) is 1. The Morgan fingerprint density at radius 2 is 2.11 bits per heavy atom. The minimum atomic E-state index is -0.288. The molecule has 2 rings (SSSR count). The lowest BCUT2D eigenvalue weighted by molar-refractivity contribution is 0.0550. The molecule has 1 aliphatic heterocycles. The molecule has 2 unspecified atom stereocenters. The van der Waals surface area contributed by atoms with Gasteiger partial charge in [0.2, 0.25) is 0 Å². The van der Waals surface area contributed by atoms with E-state index >= 15 is 0 Å². The molecule has 0 saturated carbocycles. The Hall–Kier alpha value is -1.38. The number of hydrogen-bond donors (Lipinski definition) is 0. The molecule has 2 nitrogen and oxygen atoms in total. The number of amides is 1. The molecule has 1 aromatic carbocycles. The molecule has 0 N–H and O–H groups in total. The van der Waals surface area contributed by atoms with Crippen LogP contribution in [-0.4, -0.2) is 23.4 Å². The van der Waals surface area contributed by atoms with Crippen molar-refractivity contribution >= 4 is 5.91 Å². The van der Waals surface area contributed by atoms with Gasteiger partial charge in [0.15, 0.2) is 0 Å². The van der Waals surface area contributed by atoms with Crippen LogP contribution in [0.3, 0.4) is 0 Å². The van der Waals surface area contributed by atoms with Crippen molar-refractivity contribution in [2.45, 2.75) is 39.7 Å². The molecular formula is C15H20FNO.